The fourth-order valence-corrected chi connectivity index (χ4v) is 2.77. The average Bonchev–Trinajstić information content (AvgIpc) is 2.81. The Bertz CT molecular complexity index is 488. The third-order valence-electron chi connectivity index (χ3n) is 2.78. The fraction of sp³-hybridized carbons (Fsp3) is 0.286. The van der Waals surface area contributed by atoms with Gasteiger partial charge >= 0.3 is 0 Å². The molecule has 0 radical (unpaired) electrons. The van der Waals surface area contributed by atoms with Crippen LogP contribution in [0.15, 0.2) is 35.7 Å². The molecule has 1 N–H and O–H groups in total. The van der Waals surface area contributed by atoms with Crippen LogP contribution in [0.2, 0.25) is 0 Å². The Kier molecular flexibility index (Phi) is 3.97. The highest BCUT2D eigenvalue weighted by Gasteiger charge is 2.19. The normalized spacial score (nSPS) is 12.7. The molecule has 0 saturated heterocycles. The first-order valence-electron chi connectivity index (χ1n) is 5.83. The van der Waals surface area contributed by atoms with E-state index in [0.717, 1.165) is 4.88 Å². The smallest absolute Gasteiger partial charge is 0.149 e. The number of thiophene rings is 1. The van der Waals surface area contributed by atoms with Crippen LogP contribution in [0.25, 0.3) is 0 Å². The van der Waals surface area contributed by atoms with Crippen LogP contribution in [0.4, 0.5) is 14.5 Å². The molecule has 1 aromatic heterocycles. The summed E-state index contributed by atoms with van der Waals surface area (Å²) in [4.78, 5) is 1.08. The molecule has 1 atom stereocenters. The molecule has 0 bridgehead atoms. The Labute approximate surface area is 109 Å². The van der Waals surface area contributed by atoms with Gasteiger partial charge in [0.25, 0.3) is 0 Å². The zero-order chi connectivity index (χ0) is 13.1. The zero-order valence-corrected chi connectivity index (χ0v) is 11.1. The van der Waals surface area contributed by atoms with Gasteiger partial charge in [0, 0.05) is 4.88 Å². The molecule has 4 heteroatoms. The Morgan fingerprint density at radius 1 is 1.06 bits per heavy atom. The highest BCUT2D eigenvalue weighted by molar-refractivity contribution is 7.10. The van der Waals surface area contributed by atoms with Crippen molar-refractivity contribution < 1.29 is 8.78 Å². The van der Waals surface area contributed by atoms with Crippen LogP contribution < -0.4 is 5.32 Å². The summed E-state index contributed by atoms with van der Waals surface area (Å²) in [5.74, 6) is -0.878. The summed E-state index contributed by atoms with van der Waals surface area (Å²) in [6.07, 6.45) is 0. The molecule has 96 valence electrons. The molecule has 1 aromatic carbocycles. The molecule has 0 saturated carbocycles. The van der Waals surface area contributed by atoms with Gasteiger partial charge in [-0.1, -0.05) is 26.0 Å². The highest BCUT2D eigenvalue weighted by Crippen LogP contribution is 2.31. The predicted molar refractivity (Wildman–Crippen MR) is 71.9 cm³/mol. The minimum atomic E-state index is -0.558. The first-order chi connectivity index (χ1) is 8.59. The van der Waals surface area contributed by atoms with E-state index in [4.69, 9.17) is 0 Å². The first kappa shape index (κ1) is 13.0. The predicted octanol–water partition coefficient (Wildman–Crippen LogP) is 4.84. The lowest BCUT2D eigenvalue weighted by atomic mass is 10.0. The van der Waals surface area contributed by atoms with Crippen molar-refractivity contribution in [1.82, 2.24) is 0 Å². The van der Waals surface area contributed by atoms with Crippen LogP contribution in [0.3, 0.4) is 0 Å². The van der Waals surface area contributed by atoms with Gasteiger partial charge in [0.05, 0.1) is 6.04 Å². The van der Waals surface area contributed by atoms with E-state index in [9.17, 15) is 8.78 Å². The number of para-hydroxylation sites is 1. The Morgan fingerprint density at radius 3 is 2.22 bits per heavy atom. The van der Waals surface area contributed by atoms with E-state index < -0.39 is 11.6 Å². The van der Waals surface area contributed by atoms with Crippen LogP contribution >= 0.6 is 11.3 Å². The van der Waals surface area contributed by atoms with Crippen molar-refractivity contribution in [2.24, 2.45) is 5.92 Å². The van der Waals surface area contributed by atoms with Crippen LogP contribution in [0.5, 0.6) is 0 Å². The van der Waals surface area contributed by atoms with Gasteiger partial charge in [0.2, 0.25) is 0 Å². The van der Waals surface area contributed by atoms with E-state index in [1.807, 2.05) is 31.4 Å². The summed E-state index contributed by atoms with van der Waals surface area (Å²) in [7, 11) is 0. The number of nitrogens with one attached hydrogen (secondary N) is 1. The van der Waals surface area contributed by atoms with E-state index >= 15 is 0 Å². The second-order valence-corrected chi connectivity index (χ2v) is 5.46. The van der Waals surface area contributed by atoms with Crippen molar-refractivity contribution >= 4 is 17.0 Å². The average molecular weight is 267 g/mol. The summed E-state index contributed by atoms with van der Waals surface area (Å²) in [5.41, 5.74) is -0.0513. The maximum absolute atomic E-state index is 13.6. The molecular formula is C14H15F2NS. The first-order valence-corrected chi connectivity index (χ1v) is 6.71. The summed E-state index contributed by atoms with van der Waals surface area (Å²) in [5, 5.41) is 4.94. The van der Waals surface area contributed by atoms with Gasteiger partial charge in [-0.2, -0.15) is 0 Å². The molecule has 0 fully saturated rings. The summed E-state index contributed by atoms with van der Waals surface area (Å²) < 4.78 is 27.2. The number of anilines is 1. The van der Waals surface area contributed by atoms with E-state index in [1.165, 1.54) is 18.2 Å². The lowest BCUT2D eigenvalue weighted by Crippen LogP contribution is -2.17. The number of benzene rings is 1. The van der Waals surface area contributed by atoms with Gasteiger partial charge < -0.3 is 5.32 Å². The summed E-state index contributed by atoms with van der Waals surface area (Å²) in [6.45, 7) is 4.05. The topological polar surface area (TPSA) is 12.0 Å². The van der Waals surface area contributed by atoms with E-state index in [-0.39, 0.29) is 17.6 Å². The van der Waals surface area contributed by atoms with Crippen LogP contribution in [0, 0.1) is 17.6 Å². The van der Waals surface area contributed by atoms with Crippen LogP contribution in [0.1, 0.15) is 24.8 Å². The SMILES string of the molecule is CC(C)C(Nc1c(F)cccc1F)c1cccs1. The largest absolute Gasteiger partial charge is 0.372 e. The minimum Gasteiger partial charge on any atom is -0.372 e. The molecule has 2 rings (SSSR count). The molecule has 18 heavy (non-hydrogen) atoms. The highest BCUT2D eigenvalue weighted by atomic mass is 32.1. The number of halogens is 2. The molecule has 0 aliphatic heterocycles. The monoisotopic (exact) mass is 267 g/mol. The Balaban J connectivity index is 2.30. The molecule has 0 spiro atoms. The van der Waals surface area contributed by atoms with Crippen molar-refractivity contribution in [3.8, 4) is 0 Å². The molecule has 0 aliphatic rings. The second-order valence-electron chi connectivity index (χ2n) is 4.48. The maximum Gasteiger partial charge on any atom is 0.149 e. The molecule has 1 unspecified atom stereocenters. The molecule has 1 heterocycles. The molecule has 2 aromatic rings. The lowest BCUT2D eigenvalue weighted by Gasteiger charge is -2.23. The van der Waals surface area contributed by atoms with Crippen LogP contribution in [-0.4, -0.2) is 0 Å². The second kappa shape index (κ2) is 5.48. The van der Waals surface area contributed by atoms with Gasteiger partial charge in [0.15, 0.2) is 0 Å². The molecule has 0 aliphatic carbocycles. The van der Waals surface area contributed by atoms with Gasteiger partial charge in [0.1, 0.15) is 17.3 Å². The van der Waals surface area contributed by atoms with Gasteiger partial charge in [-0.3, -0.25) is 0 Å². The number of hydrogen-bond acceptors (Lipinski definition) is 2. The van der Waals surface area contributed by atoms with Gasteiger partial charge in [-0.15, -0.1) is 11.3 Å². The van der Waals surface area contributed by atoms with E-state index in [2.05, 4.69) is 5.32 Å². The quantitative estimate of drug-likeness (QED) is 0.836. The van der Waals surface area contributed by atoms with Gasteiger partial charge in [-0.05, 0) is 29.5 Å². The summed E-state index contributed by atoms with van der Waals surface area (Å²) in [6, 6.07) is 7.71. The van der Waals surface area contributed by atoms with E-state index in [0.29, 0.717) is 0 Å². The summed E-state index contributed by atoms with van der Waals surface area (Å²) >= 11 is 1.58. The molecular weight excluding hydrogens is 252 g/mol. The van der Waals surface area contributed by atoms with Crippen molar-refractivity contribution in [2.45, 2.75) is 19.9 Å². The van der Waals surface area contributed by atoms with Crippen molar-refractivity contribution in [1.29, 1.82) is 0 Å². The fourth-order valence-electron chi connectivity index (χ4n) is 1.83. The third-order valence-corrected chi connectivity index (χ3v) is 3.73. The third kappa shape index (κ3) is 2.70. The lowest BCUT2D eigenvalue weighted by molar-refractivity contribution is 0.533. The standard InChI is InChI=1S/C14H15F2NS/c1-9(2)13(12-7-4-8-18-12)17-14-10(15)5-3-6-11(14)16/h3-9,13,17H,1-2H3. The van der Waals surface area contributed by atoms with E-state index in [1.54, 1.807) is 11.3 Å². The van der Waals surface area contributed by atoms with Crippen LogP contribution in [-0.2, 0) is 0 Å². The van der Waals surface area contributed by atoms with Gasteiger partial charge in [-0.25, -0.2) is 8.78 Å². The Morgan fingerprint density at radius 2 is 1.72 bits per heavy atom. The zero-order valence-electron chi connectivity index (χ0n) is 10.3. The Hall–Kier alpha value is -1.42. The van der Waals surface area contributed by atoms with Crippen molar-refractivity contribution in [3.63, 3.8) is 0 Å². The molecule has 1 nitrogen and oxygen atoms in total. The minimum absolute atomic E-state index is 0.0513. The number of hydrogen-bond donors (Lipinski definition) is 1. The van der Waals surface area contributed by atoms with Crippen molar-refractivity contribution in [2.75, 3.05) is 5.32 Å². The molecule has 0 amide bonds. The number of rotatable bonds is 4. The van der Waals surface area contributed by atoms with Crippen molar-refractivity contribution in [3.05, 3.63) is 52.2 Å². The maximum atomic E-state index is 13.6.